The second-order valence-corrected chi connectivity index (χ2v) is 4.85. The van der Waals surface area contributed by atoms with Crippen LogP contribution in [0.3, 0.4) is 0 Å². The van der Waals surface area contributed by atoms with Crippen LogP contribution in [-0.4, -0.2) is 11.0 Å². The number of hydrogen-bond donors (Lipinski definition) is 1. The molecular formula is C13H16N2S. The highest BCUT2D eigenvalue weighted by molar-refractivity contribution is 7.07. The molecule has 3 heteroatoms. The SMILES string of the molecule is Cc1cnccc1NC(C)Cc1ccsc1. The van der Waals surface area contributed by atoms with Gasteiger partial charge in [0.1, 0.15) is 0 Å². The molecule has 2 aromatic rings. The number of hydrogen-bond acceptors (Lipinski definition) is 3. The molecule has 2 nitrogen and oxygen atoms in total. The topological polar surface area (TPSA) is 24.9 Å². The molecule has 1 N–H and O–H groups in total. The minimum absolute atomic E-state index is 0.440. The van der Waals surface area contributed by atoms with Crippen molar-refractivity contribution in [2.75, 3.05) is 5.32 Å². The zero-order valence-corrected chi connectivity index (χ0v) is 10.4. The predicted octanol–water partition coefficient (Wildman–Crippen LogP) is 3.49. The van der Waals surface area contributed by atoms with Crippen molar-refractivity contribution in [3.05, 3.63) is 46.4 Å². The van der Waals surface area contributed by atoms with E-state index >= 15 is 0 Å². The zero-order chi connectivity index (χ0) is 11.4. The summed E-state index contributed by atoms with van der Waals surface area (Å²) in [7, 11) is 0. The Kier molecular flexibility index (Phi) is 3.57. The molecule has 0 bridgehead atoms. The molecular weight excluding hydrogens is 216 g/mol. The molecule has 1 unspecified atom stereocenters. The molecule has 0 fully saturated rings. The van der Waals surface area contributed by atoms with E-state index in [9.17, 15) is 0 Å². The van der Waals surface area contributed by atoms with Gasteiger partial charge in [0.15, 0.2) is 0 Å². The minimum atomic E-state index is 0.440. The van der Waals surface area contributed by atoms with Crippen molar-refractivity contribution in [2.45, 2.75) is 26.3 Å². The van der Waals surface area contributed by atoms with Crippen LogP contribution >= 0.6 is 11.3 Å². The van der Waals surface area contributed by atoms with E-state index in [1.165, 1.54) is 16.8 Å². The van der Waals surface area contributed by atoms with Crippen LogP contribution in [0.15, 0.2) is 35.3 Å². The Balaban J connectivity index is 1.97. The second kappa shape index (κ2) is 5.12. The first-order valence-corrected chi connectivity index (χ1v) is 6.38. The molecule has 2 heterocycles. The molecule has 2 aromatic heterocycles. The molecule has 84 valence electrons. The number of anilines is 1. The molecule has 0 aliphatic rings. The summed E-state index contributed by atoms with van der Waals surface area (Å²) in [6, 6.07) is 4.65. The summed E-state index contributed by atoms with van der Waals surface area (Å²) < 4.78 is 0. The first-order valence-electron chi connectivity index (χ1n) is 5.44. The van der Waals surface area contributed by atoms with Crippen molar-refractivity contribution >= 4 is 17.0 Å². The number of thiophene rings is 1. The van der Waals surface area contributed by atoms with Crippen LogP contribution in [0.1, 0.15) is 18.1 Å². The van der Waals surface area contributed by atoms with E-state index < -0.39 is 0 Å². The van der Waals surface area contributed by atoms with Gasteiger partial charge in [0.2, 0.25) is 0 Å². The summed E-state index contributed by atoms with van der Waals surface area (Å²) in [4.78, 5) is 4.09. The Morgan fingerprint density at radius 1 is 1.44 bits per heavy atom. The molecule has 0 spiro atoms. The Hall–Kier alpha value is -1.35. The van der Waals surface area contributed by atoms with Gasteiger partial charge in [-0.15, -0.1) is 0 Å². The molecule has 1 atom stereocenters. The maximum atomic E-state index is 4.09. The van der Waals surface area contributed by atoms with Crippen LogP contribution < -0.4 is 5.32 Å². The average Bonchev–Trinajstić information content (AvgIpc) is 2.74. The Labute approximate surface area is 100 Å². The lowest BCUT2D eigenvalue weighted by Gasteiger charge is -2.16. The summed E-state index contributed by atoms with van der Waals surface area (Å²) in [6.07, 6.45) is 4.78. The van der Waals surface area contributed by atoms with Crippen molar-refractivity contribution < 1.29 is 0 Å². The largest absolute Gasteiger partial charge is 0.382 e. The molecule has 0 aliphatic heterocycles. The van der Waals surface area contributed by atoms with E-state index in [4.69, 9.17) is 0 Å². The summed E-state index contributed by atoms with van der Waals surface area (Å²) >= 11 is 1.75. The fourth-order valence-electron chi connectivity index (χ4n) is 1.71. The van der Waals surface area contributed by atoms with Gasteiger partial charge < -0.3 is 5.32 Å². The van der Waals surface area contributed by atoms with Gasteiger partial charge in [0.05, 0.1) is 0 Å². The van der Waals surface area contributed by atoms with E-state index in [0.717, 1.165) is 6.42 Å². The van der Waals surface area contributed by atoms with Crippen LogP contribution in [0.5, 0.6) is 0 Å². The number of aryl methyl sites for hydroxylation is 1. The molecule has 0 saturated heterocycles. The maximum absolute atomic E-state index is 4.09. The van der Waals surface area contributed by atoms with Gasteiger partial charge in [-0.1, -0.05) is 0 Å². The summed E-state index contributed by atoms with van der Waals surface area (Å²) in [5.41, 5.74) is 3.77. The van der Waals surface area contributed by atoms with Crippen molar-refractivity contribution in [3.8, 4) is 0 Å². The van der Waals surface area contributed by atoms with E-state index in [0.29, 0.717) is 6.04 Å². The van der Waals surface area contributed by atoms with Gasteiger partial charge >= 0.3 is 0 Å². The Morgan fingerprint density at radius 2 is 2.31 bits per heavy atom. The molecule has 0 saturated carbocycles. The van der Waals surface area contributed by atoms with Crippen LogP contribution in [0.25, 0.3) is 0 Å². The lowest BCUT2D eigenvalue weighted by molar-refractivity contribution is 0.791. The minimum Gasteiger partial charge on any atom is -0.382 e. The smallest absolute Gasteiger partial charge is 0.0402 e. The number of pyridine rings is 1. The van der Waals surface area contributed by atoms with Crippen LogP contribution in [-0.2, 0) is 6.42 Å². The van der Waals surface area contributed by atoms with Gasteiger partial charge in [-0.3, -0.25) is 4.98 Å². The van der Waals surface area contributed by atoms with E-state index in [2.05, 4.69) is 41.0 Å². The van der Waals surface area contributed by atoms with Gasteiger partial charge in [-0.05, 0) is 54.3 Å². The molecule has 16 heavy (non-hydrogen) atoms. The summed E-state index contributed by atoms with van der Waals surface area (Å²) in [5.74, 6) is 0. The van der Waals surface area contributed by atoms with Crippen LogP contribution in [0.4, 0.5) is 5.69 Å². The quantitative estimate of drug-likeness (QED) is 0.872. The van der Waals surface area contributed by atoms with Crippen molar-refractivity contribution in [1.29, 1.82) is 0 Å². The van der Waals surface area contributed by atoms with Crippen LogP contribution in [0, 0.1) is 6.92 Å². The van der Waals surface area contributed by atoms with Gasteiger partial charge in [-0.2, -0.15) is 11.3 Å². The van der Waals surface area contributed by atoms with Gasteiger partial charge in [0, 0.05) is 24.1 Å². The predicted molar refractivity (Wildman–Crippen MR) is 70.1 cm³/mol. The highest BCUT2D eigenvalue weighted by atomic mass is 32.1. The van der Waals surface area contributed by atoms with Crippen molar-refractivity contribution in [1.82, 2.24) is 4.98 Å². The average molecular weight is 232 g/mol. The highest BCUT2D eigenvalue weighted by Crippen LogP contribution is 2.15. The second-order valence-electron chi connectivity index (χ2n) is 4.07. The fourth-order valence-corrected chi connectivity index (χ4v) is 2.40. The van der Waals surface area contributed by atoms with Gasteiger partial charge in [-0.25, -0.2) is 0 Å². The first kappa shape index (κ1) is 11.1. The van der Waals surface area contributed by atoms with E-state index in [1.807, 2.05) is 18.5 Å². The third kappa shape index (κ3) is 2.83. The fraction of sp³-hybridized carbons (Fsp3) is 0.308. The first-order chi connectivity index (χ1) is 7.75. The third-order valence-corrected chi connectivity index (χ3v) is 3.28. The zero-order valence-electron chi connectivity index (χ0n) is 9.60. The van der Waals surface area contributed by atoms with Crippen LogP contribution in [0.2, 0.25) is 0 Å². The normalized spacial score (nSPS) is 12.4. The van der Waals surface area contributed by atoms with Crippen molar-refractivity contribution in [3.63, 3.8) is 0 Å². The van der Waals surface area contributed by atoms with E-state index in [1.54, 1.807) is 11.3 Å². The molecule has 0 aliphatic carbocycles. The summed E-state index contributed by atoms with van der Waals surface area (Å²) in [6.45, 7) is 4.28. The molecule has 2 rings (SSSR count). The summed E-state index contributed by atoms with van der Waals surface area (Å²) in [5, 5.41) is 7.84. The lowest BCUT2D eigenvalue weighted by Crippen LogP contribution is -2.18. The lowest BCUT2D eigenvalue weighted by atomic mass is 10.1. The standard InChI is InChI=1S/C13H16N2S/c1-10-8-14-5-3-13(10)15-11(2)7-12-4-6-16-9-12/h3-6,8-9,11H,7H2,1-2H3,(H,14,15). The molecule has 0 amide bonds. The number of nitrogens with one attached hydrogen (secondary N) is 1. The maximum Gasteiger partial charge on any atom is 0.0402 e. The molecule has 0 radical (unpaired) electrons. The number of rotatable bonds is 4. The Bertz CT molecular complexity index is 437. The van der Waals surface area contributed by atoms with E-state index in [-0.39, 0.29) is 0 Å². The number of aromatic nitrogens is 1. The Morgan fingerprint density at radius 3 is 3.00 bits per heavy atom. The number of nitrogens with zero attached hydrogens (tertiary/aromatic N) is 1. The third-order valence-electron chi connectivity index (χ3n) is 2.54. The highest BCUT2D eigenvalue weighted by Gasteiger charge is 2.05. The van der Waals surface area contributed by atoms with Gasteiger partial charge in [0.25, 0.3) is 0 Å². The molecule has 0 aromatic carbocycles. The monoisotopic (exact) mass is 232 g/mol. The van der Waals surface area contributed by atoms with Crippen molar-refractivity contribution in [2.24, 2.45) is 0 Å².